The standard InChI is InChI=1S/C22H27FN2OS/c23-19-10-8-18(9-11-19)16-27-21(20-7-4-13-24-20)15-22(26)25-14-12-17-5-2-1-3-6-17/h1-3,5-6,8-11,20-21,24H,4,7,12-16H2,(H,25,26). The lowest BCUT2D eigenvalue weighted by Crippen LogP contribution is -2.37. The lowest BCUT2D eigenvalue weighted by Gasteiger charge is -2.23. The average molecular weight is 387 g/mol. The van der Waals surface area contributed by atoms with Crippen LogP contribution in [0.4, 0.5) is 4.39 Å². The normalized spacial score (nSPS) is 17.6. The van der Waals surface area contributed by atoms with Crippen LogP contribution in [-0.4, -0.2) is 30.3 Å². The van der Waals surface area contributed by atoms with E-state index in [2.05, 4.69) is 22.8 Å². The molecule has 2 aromatic rings. The minimum Gasteiger partial charge on any atom is -0.356 e. The van der Waals surface area contributed by atoms with Gasteiger partial charge in [-0.1, -0.05) is 42.5 Å². The molecule has 5 heteroatoms. The molecule has 1 fully saturated rings. The summed E-state index contributed by atoms with van der Waals surface area (Å²) in [6.07, 6.45) is 3.63. The maximum atomic E-state index is 13.1. The molecule has 2 unspecified atom stereocenters. The van der Waals surface area contributed by atoms with Crippen molar-refractivity contribution in [2.75, 3.05) is 13.1 Å². The molecule has 1 aliphatic heterocycles. The Hall–Kier alpha value is -1.85. The van der Waals surface area contributed by atoms with Crippen molar-refractivity contribution in [1.82, 2.24) is 10.6 Å². The van der Waals surface area contributed by atoms with Gasteiger partial charge in [-0.15, -0.1) is 0 Å². The number of carbonyl (C=O) groups excluding carboxylic acids is 1. The summed E-state index contributed by atoms with van der Waals surface area (Å²) in [5, 5.41) is 6.82. The summed E-state index contributed by atoms with van der Waals surface area (Å²) in [7, 11) is 0. The first-order valence-electron chi connectivity index (χ1n) is 9.61. The minimum atomic E-state index is -0.212. The molecule has 27 heavy (non-hydrogen) atoms. The molecule has 2 N–H and O–H groups in total. The second kappa shape index (κ2) is 10.5. The van der Waals surface area contributed by atoms with Crippen molar-refractivity contribution in [1.29, 1.82) is 0 Å². The largest absolute Gasteiger partial charge is 0.356 e. The Morgan fingerprint density at radius 1 is 1.15 bits per heavy atom. The molecule has 0 aromatic heterocycles. The Kier molecular flexibility index (Phi) is 7.72. The molecule has 1 aliphatic rings. The molecule has 3 nitrogen and oxygen atoms in total. The summed E-state index contributed by atoms with van der Waals surface area (Å²) in [5.41, 5.74) is 2.33. The van der Waals surface area contributed by atoms with Crippen LogP contribution in [0.1, 0.15) is 30.4 Å². The van der Waals surface area contributed by atoms with Gasteiger partial charge in [-0.3, -0.25) is 4.79 Å². The van der Waals surface area contributed by atoms with Gasteiger partial charge in [-0.05, 0) is 49.1 Å². The summed E-state index contributed by atoms with van der Waals surface area (Å²) in [4.78, 5) is 12.5. The molecule has 0 radical (unpaired) electrons. The third kappa shape index (κ3) is 6.67. The first-order valence-corrected chi connectivity index (χ1v) is 10.7. The van der Waals surface area contributed by atoms with E-state index < -0.39 is 0 Å². The molecule has 1 saturated heterocycles. The van der Waals surface area contributed by atoms with Crippen molar-refractivity contribution in [2.45, 2.75) is 42.7 Å². The molecule has 1 amide bonds. The van der Waals surface area contributed by atoms with Crippen LogP contribution in [0.25, 0.3) is 0 Å². The number of hydrogen-bond acceptors (Lipinski definition) is 3. The van der Waals surface area contributed by atoms with E-state index in [4.69, 9.17) is 0 Å². The van der Waals surface area contributed by atoms with Gasteiger partial charge in [0.15, 0.2) is 0 Å². The highest BCUT2D eigenvalue weighted by Gasteiger charge is 2.27. The second-order valence-electron chi connectivity index (χ2n) is 6.97. The molecule has 2 aromatic carbocycles. The van der Waals surface area contributed by atoms with Gasteiger partial charge in [0.05, 0.1) is 0 Å². The van der Waals surface area contributed by atoms with E-state index in [0.717, 1.165) is 37.1 Å². The maximum absolute atomic E-state index is 13.1. The van der Waals surface area contributed by atoms with Crippen LogP contribution in [0.2, 0.25) is 0 Å². The van der Waals surface area contributed by atoms with Crippen LogP contribution in [0.3, 0.4) is 0 Å². The van der Waals surface area contributed by atoms with Crippen LogP contribution in [0.5, 0.6) is 0 Å². The number of thioether (sulfide) groups is 1. The monoisotopic (exact) mass is 386 g/mol. The second-order valence-corrected chi connectivity index (χ2v) is 8.20. The number of rotatable bonds is 9. The maximum Gasteiger partial charge on any atom is 0.221 e. The van der Waals surface area contributed by atoms with Crippen molar-refractivity contribution in [3.8, 4) is 0 Å². The first-order chi connectivity index (χ1) is 13.2. The molecule has 0 aliphatic carbocycles. The van der Waals surface area contributed by atoms with Crippen molar-refractivity contribution in [3.63, 3.8) is 0 Å². The summed E-state index contributed by atoms with van der Waals surface area (Å²) in [6, 6.07) is 17.2. The number of carbonyl (C=O) groups is 1. The zero-order chi connectivity index (χ0) is 18.9. The molecule has 0 bridgehead atoms. The average Bonchev–Trinajstić information content (AvgIpc) is 3.22. The van der Waals surface area contributed by atoms with E-state index in [0.29, 0.717) is 19.0 Å². The molecule has 0 spiro atoms. The number of benzene rings is 2. The zero-order valence-electron chi connectivity index (χ0n) is 15.5. The highest BCUT2D eigenvalue weighted by atomic mass is 32.2. The topological polar surface area (TPSA) is 41.1 Å². The fraction of sp³-hybridized carbons (Fsp3) is 0.409. The van der Waals surface area contributed by atoms with Gasteiger partial charge < -0.3 is 10.6 Å². The molecule has 1 heterocycles. The summed E-state index contributed by atoms with van der Waals surface area (Å²) in [6.45, 7) is 1.68. The Morgan fingerprint density at radius 2 is 1.93 bits per heavy atom. The molecule has 0 saturated carbocycles. The van der Waals surface area contributed by atoms with Crippen LogP contribution in [0.15, 0.2) is 54.6 Å². The molecular weight excluding hydrogens is 359 g/mol. The van der Waals surface area contributed by atoms with Crippen LogP contribution in [0, 0.1) is 5.82 Å². The Morgan fingerprint density at radius 3 is 2.63 bits per heavy atom. The van der Waals surface area contributed by atoms with Gasteiger partial charge in [0.2, 0.25) is 5.91 Å². The van der Waals surface area contributed by atoms with Gasteiger partial charge in [-0.2, -0.15) is 11.8 Å². The van der Waals surface area contributed by atoms with E-state index in [1.807, 2.05) is 30.3 Å². The summed E-state index contributed by atoms with van der Waals surface area (Å²) in [5.74, 6) is 0.687. The van der Waals surface area contributed by atoms with E-state index in [9.17, 15) is 9.18 Å². The van der Waals surface area contributed by atoms with Crippen LogP contribution < -0.4 is 10.6 Å². The predicted octanol–water partition coefficient (Wildman–Crippen LogP) is 3.93. The minimum absolute atomic E-state index is 0.108. The number of halogens is 1. The molecular formula is C22H27FN2OS. The van der Waals surface area contributed by atoms with Crippen LogP contribution in [-0.2, 0) is 17.0 Å². The Balaban J connectivity index is 1.48. The van der Waals surface area contributed by atoms with Crippen molar-refractivity contribution in [3.05, 3.63) is 71.5 Å². The van der Waals surface area contributed by atoms with Crippen molar-refractivity contribution < 1.29 is 9.18 Å². The van der Waals surface area contributed by atoms with E-state index >= 15 is 0 Å². The van der Waals surface area contributed by atoms with E-state index in [-0.39, 0.29) is 17.0 Å². The SMILES string of the molecule is O=C(CC(SCc1ccc(F)cc1)C1CCCN1)NCCc1ccccc1. The van der Waals surface area contributed by atoms with Crippen molar-refractivity contribution >= 4 is 17.7 Å². The zero-order valence-corrected chi connectivity index (χ0v) is 16.3. The van der Waals surface area contributed by atoms with Gasteiger partial charge in [0.1, 0.15) is 5.82 Å². The lowest BCUT2D eigenvalue weighted by molar-refractivity contribution is -0.121. The van der Waals surface area contributed by atoms with Gasteiger partial charge in [0, 0.05) is 30.0 Å². The van der Waals surface area contributed by atoms with E-state index in [1.54, 1.807) is 11.8 Å². The fourth-order valence-electron chi connectivity index (χ4n) is 3.38. The number of nitrogens with one attached hydrogen (secondary N) is 2. The third-order valence-electron chi connectivity index (χ3n) is 4.89. The Labute approximate surface area is 165 Å². The van der Waals surface area contributed by atoms with Gasteiger partial charge in [0.25, 0.3) is 0 Å². The smallest absolute Gasteiger partial charge is 0.221 e. The summed E-state index contributed by atoms with van der Waals surface area (Å²) >= 11 is 1.79. The Bertz CT molecular complexity index is 702. The third-order valence-corrected chi connectivity index (χ3v) is 6.31. The van der Waals surface area contributed by atoms with E-state index in [1.165, 1.54) is 17.7 Å². The predicted molar refractivity (Wildman–Crippen MR) is 110 cm³/mol. The lowest BCUT2D eigenvalue weighted by atomic mass is 10.1. The highest BCUT2D eigenvalue weighted by Crippen LogP contribution is 2.27. The quantitative estimate of drug-likeness (QED) is 0.686. The first kappa shape index (κ1) is 19.9. The van der Waals surface area contributed by atoms with Gasteiger partial charge in [-0.25, -0.2) is 4.39 Å². The molecule has 2 atom stereocenters. The number of hydrogen-bond donors (Lipinski definition) is 2. The summed E-state index contributed by atoms with van der Waals surface area (Å²) < 4.78 is 13.1. The van der Waals surface area contributed by atoms with Gasteiger partial charge >= 0.3 is 0 Å². The fourth-order valence-corrected chi connectivity index (χ4v) is 4.71. The molecule has 144 valence electrons. The van der Waals surface area contributed by atoms with Crippen molar-refractivity contribution in [2.24, 2.45) is 0 Å². The highest BCUT2D eigenvalue weighted by molar-refractivity contribution is 7.99. The van der Waals surface area contributed by atoms with Crippen LogP contribution >= 0.6 is 11.8 Å². The molecule has 3 rings (SSSR count). The number of amides is 1.